The molecule has 0 saturated carbocycles. The molecule has 1 nitrogen and oxygen atoms in total. The van der Waals surface area contributed by atoms with Gasteiger partial charge in [-0.3, -0.25) is 0 Å². The van der Waals surface area contributed by atoms with E-state index in [2.05, 4.69) is 21.0 Å². The van der Waals surface area contributed by atoms with Gasteiger partial charge >= 0.3 is 0 Å². The van der Waals surface area contributed by atoms with Gasteiger partial charge in [0.1, 0.15) is 0 Å². The molecule has 0 aromatic carbocycles. The van der Waals surface area contributed by atoms with Gasteiger partial charge in [0.2, 0.25) is 0 Å². The molecule has 0 saturated heterocycles. The van der Waals surface area contributed by atoms with Crippen LogP contribution in [0.3, 0.4) is 0 Å². The molecule has 0 aliphatic carbocycles. The highest BCUT2D eigenvalue weighted by molar-refractivity contribution is 6.17. The third-order valence-electron chi connectivity index (χ3n) is 4.76. The number of alkyl halides is 1. The fourth-order valence-corrected chi connectivity index (χ4v) is 3.32. The molecule has 0 aliphatic heterocycles. The first-order chi connectivity index (χ1) is 10.6. The Morgan fingerprint density at radius 1 is 0.565 bits per heavy atom. The average molecular weight is 368 g/mol. The normalized spacial score (nSPS) is 11.5. The zero-order valence-corrected chi connectivity index (χ0v) is 17.7. The van der Waals surface area contributed by atoms with Gasteiger partial charge < -0.3 is 16.9 Å². The Bertz CT molecular complexity index is 220. The quantitative estimate of drug-likeness (QED) is 0.208. The maximum absolute atomic E-state index is 5.75. The Morgan fingerprint density at radius 3 is 1.30 bits per heavy atom. The minimum atomic E-state index is 0. The van der Waals surface area contributed by atoms with E-state index in [9.17, 15) is 0 Å². The van der Waals surface area contributed by atoms with Crippen LogP contribution in [-0.2, 0) is 0 Å². The number of unbranched alkanes of at least 4 members (excludes halogenated alkanes) is 12. The maximum atomic E-state index is 5.75. The topological polar surface area (TPSA) is 0 Å². The van der Waals surface area contributed by atoms with E-state index in [4.69, 9.17) is 11.6 Å². The van der Waals surface area contributed by atoms with Gasteiger partial charge in [-0.2, -0.15) is 0 Å². The molecule has 0 radical (unpaired) electrons. The minimum absolute atomic E-state index is 0. The minimum Gasteiger partial charge on any atom is -1.00 e. The molecule has 0 spiro atoms. The molecule has 0 aromatic heterocycles. The van der Waals surface area contributed by atoms with E-state index in [0.717, 1.165) is 5.88 Å². The first kappa shape index (κ1) is 25.8. The summed E-state index contributed by atoms with van der Waals surface area (Å²) in [6.45, 7) is 4.91. The number of halogens is 2. The van der Waals surface area contributed by atoms with Crippen molar-refractivity contribution in [1.82, 2.24) is 0 Å². The average Bonchev–Trinajstić information content (AvgIpc) is 2.48. The number of hydrogen-bond donors (Lipinski definition) is 0. The van der Waals surface area contributed by atoms with Crippen LogP contribution in [0.2, 0.25) is 0 Å². The predicted molar refractivity (Wildman–Crippen MR) is 103 cm³/mol. The van der Waals surface area contributed by atoms with Gasteiger partial charge in [0.15, 0.2) is 0 Å². The Labute approximate surface area is 158 Å². The Morgan fingerprint density at radius 2 is 0.913 bits per heavy atom. The number of quaternary nitrogens is 1. The molecular weight excluding hydrogens is 325 g/mol. The van der Waals surface area contributed by atoms with E-state index in [1.807, 2.05) is 0 Å². The third kappa shape index (κ3) is 20.5. The summed E-state index contributed by atoms with van der Waals surface area (Å²) in [5, 5.41) is 0. The Balaban J connectivity index is 0. The summed E-state index contributed by atoms with van der Waals surface area (Å²) in [7, 11) is 4.74. The molecule has 0 fully saturated rings. The SMILES string of the molecule is CCCCCCCCCCCCCC[N+](C)(C)CCCCCl.[Cl-]. The largest absolute Gasteiger partial charge is 1.00 e. The van der Waals surface area contributed by atoms with Crippen molar-refractivity contribution in [2.24, 2.45) is 0 Å². The summed E-state index contributed by atoms with van der Waals surface area (Å²) in [5.41, 5.74) is 0. The van der Waals surface area contributed by atoms with Gasteiger partial charge in [-0.15, -0.1) is 11.6 Å². The van der Waals surface area contributed by atoms with Crippen molar-refractivity contribution in [3.63, 3.8) is 0 Å². The van der Waals surface area contributed by atoms with Crippen molar-refractivity contribution < 1.29 is 16.9 Å². The van der Waals surface area contributed by atoms with Crippen molar-refractivity contribution >= 4 is 11.6 Å². The summed E-state index contributed by atoms with van der Waals surface area (Å²) in [6, 6.07) is 0. The van der Waals surface area contributed by atoms with Gasteiger partial charge in [0, 0.05) is 5.88 Å². The highest BCUT2D eigenvalue weighted by atomic mass is 35.5. The van der Waals surface area contributed by atoms with E-state index in [-0.39, 0.29) is 12.4 Å². The van der Waals surface area contributed by atoms with Crippen LogP contribution in [0, 0.1) is 0 Å². The molecule has 0 bridgehead atoms. The lowest BCUT2D eigenvalue weighted by Crippen LogP contribution is -3.00. The standard InChI is InChI=1S/C20H43ClN.ClH/c1-4-5-6-7-8-9-10-11-12-13-14-16-19-22(2,3)20-17-15-18-21;/h4-20H2,1-3H3;1H/q+1;/p-1. The van der Waals surface area contributed by atoms with Crippen LogP contribution in [0.5, 0.6) is 0 Å². The second-order valence-electron chi connectivity index (χ2n) is 7.67. The third-order valence-corrected chi connectivity index (χ3v) is 5.03. The summed E-state index contributed by atoms with van der Waals surface area (Å²) >= 11 is 5.75. The first-order valence-electron chi connectivity index (χ1n) is 10.0. The van der Waals surface area contributed by atoms with Gasteiger partial charge in [-0.1, -0.05) is 71.1 Å². The van der Waals surface area contributed by atoms with Gasteiger partial charge in [-0.05, 0) is 25.7 Å². The predicted octanol–water partition coefficient (Wildman–Crippen LogP) is 3.79. The lowest BCUT2D eigenvalue weighted by molar-refractivity contribution is -0.890. The highest BCUT2D eigenvalue weighted by Crippen LogP contribution is 2.13. The molecule has 0 aromatic rings. The zero-order valence-electron chi connectivity index (χ0n) is 16.2. The van der Waals surface area contributed by atoms with E-state index >= 15 is 0 Å². The van der Waals surface area contributed by atoms with Crippen molar-refractivity contribution in [2.45, 2.75) is 96.8 Å². The lowest BCUT2D eigenvalue weighted by atomic mass is 10.1. The van der Waals surface area contributed by atoms with Crippen molar-refractivity contribution in [3.8, 4) is 0 Å². The Kier molecular flexibility index (Phi) is 21.2. The monoisotopic (exact) mass is 367 g/mol. The smallest absolute Gasteiger partial charge is 0.0782 e. The molecule has 3 heteroatoms. The summed E-state index contributed by atoms with van der Waals surface area (Å²) in [4.78, 5) is 0. The number of rotatable bonds is 17. The molecule has 23 heavy (non-hydrogen) atoms. The fraction of sp³-hybridized carbons (Fsp3) is 1.00. The fourth-order valence-electron chi connectivity index (χ4n) is 3.13. The lowest BCUT2D eigenvalue weighted by Gasteiger charge is -2.29. The van der Waals surface area contributed by atoms with Crippen LogP contribution in [0.4, 0.5) is 0 Å². The van der Waals surface area contributed by atoms with Crippen LogP contribution in [0.25, 0.3) is 0 Å². The van der Waals surface area contributed by atoms with E-state index in [1.54, 1.807) is 0 Å². The molecule has 0 amide bonds. The summed E-state index contributed by atoms with van der Waals surface area (Å²) < 4.78 is 1.18. The molecule has 0 atom stereocenters. The van der Waals surface area contributed by atoms with Gasteiger partial charge in [0.25, 0.3) is 0 Å². The second kappa shape index (κ2) is 18.9. The van der Waals surface area contributed by atoms with Crippen LogP contribution in [0.1, 0.15) is 96.8 Å². The van der Waals surface area contributed by atoms with E-state index in [1.165, 1.54) is 107 Å². The Hall–Kier alpha value is 0.540. The van der Waals surface area contributed by atoms with E-state index < -0.39 is 0 Å². The summed E-state index contributed by atoms with van der Waals surface area (Å²) in [6.07, 6.45) is 19.7. The molecule has 0 unspecified atom stereocenters. The molecule has 0 heterocycles. The number of nitrogens with zero attached hydrogens (tertiary/aromatic N) is 1. The number of hydrogen-bond acceptors (Lipinski definition) is 0. The maximum Gasteiger partial charge on any atom is 0.0782 e. The van der Waals surface area contributed by atoms with Crippen molar-refractivity contribution in [3.05, 3.63) is 0 Å². The molecule has 0 aliphatic rings. The molecule has 142 valence electrons. The second-order valence-corrected chi connectivity index (χ2v) is 8.05. The van der Waals surface area contributed by atoms with Crippen LogP contribution in [-0.4, -0.2) is 37.5 Å². The zero-order chi connectivity index (χ0) is 16.5. The van der Waals surface area contributed by atoms with Crippen molar-refractivity contribution in [2.75, 3.05) is 33.1 Å². The van der Waals surface area contributed by atoms with Crippen LogP contribution in [0.15, 0.2) is 0 Å². The van der Waals surface area contributed by atoms with Gasteiger partial charge in [-0.25, -0.2) is 0 Å². The highest BCUT2D eigenvalue weighted by Gasteiger charge is 2.13. The molecular formula is C20H43Cl2N. The van der Waals surface area contributed by atoms with Crippen molar-refractivity contribution in [1.29, 1.82) is 0 Å². The molecule has 0 N–H and O–H groups in total. The van der Waals surface area contributed by atoms with E-state index in [0.29, 0.717) is 0 Å². The van der Waals surface area contributed by atoms with Gasteiger partial charge in [0.05, 0.1) is 27.2 Å². The molecule has 0 rings (SSSR count). The van der Waals surface area contributed by atoms with Crippen LogP contribution < -0.4 is 12.4 Å². The summed E-state index contributed by atoms with van der Waals surface area (Å²) in [5.74, 6) is 0.818. The van der Waals surface area contributed by atoms with Crippen LogP contribution >= 0.6 is 11.6 Å². The first-order valence-corrected chi connectivity index (χ1v) is 10.5.